The fourth-order valence-electron chi connectivity index (χ4n) is 2.35. The van der Waals surface area contributed by atoms with E-state index < -0.39 is 0 Å². The van der Waals surface area contributed by atoms with Crippen molar-refractivity contribution in [3.8, 4) is 0 Å². The van der Waals surface area contributed by atoms with E-state index >= 15 is 0 Å². The molecule has 1 aliphatic rings. The highest BCUT2D eigenvalue weighted by Crippen LogP contribution is 2.23. The van der Waals surface area contributed by atoms with Gasteiger partial charge in [0.15, 0.2) is 0 Å². The van der Waals surface area contributed by atoms with Gasteiger partial charge in [-0.2, -0.15) is 0 Å². The number of nitrogens with zero attached hydrogens (tertiary/aromatic N) is 3. The quantitative estimate of drug-likeness (QED) is 0.800. The van der Waals surface area contributed by atoms with E-state index in [1.807, 2.05) is 25.3 Å². The zero-order valence-electron chi connectivity index (χ0n) is 10.9. The van der Waals surface area contributed by atoms with Crippen molar-refractivity contribution in [2.75, 3.05) is 44.2 Å². The second-order valence-corrected chi connectivity index (χ2v) is 4.76. The van der Waals surface area contributed by atoms with E-state index in [9.17, 15) is 0 Å². The molecule has 1 saturated heterocycles. The minimum absolute atomic E-state index is 0.00386. The molecule has 1 atom stereocenters. The predicted molar refractivity (Wildman–Crippen MR) is 72.6 cm³/mol. The molecule has 0 amide bonds. The van der Waals surface area contributed by atoms with E-state index in [0.717, 1.165) is 44.1 Å². The summed E-state index contributed by atoms with van der Waals surface area (Å²) in [4.78, 5) is 9.03. The molecule has 5 heteroatoms. The summed E-state index contributed by atoms with van der Waals surface area (Å²) in [5.41, 5.74) is 7.09. The average molecular weight is 250 g/mol. The molecule has 2 heterocycles. The monoisotopic (exact) mass is 250 g/mol. The van der Waals surface area contributed by atoms with Crippen LogP contribution in [-0.4, -0.2) is 54.3 Å². The molecule has 0 aromatic carbocycles. The molecule has 0 radical (unpaired) electrons. The summed E-state index contributed by atoms with van der Waals surface area (Å²) >= 11 is 0. The van der Waals surface area contributed by atoms with Crippen LogP contribution >= 0.6 is 0 Å². The predicted octanol–water partition coefficient (Wildman–Crippen LogP) is 0.216. The van der Waals surface area contributed by atoms with Crippen LogP contribution in [0.1, 0.15) is 18.5 Å². The third-order valence-electron chi connectivity index (χ3n) is 3.40. The molecular formula is C13H22N4O. The molecule has 1 aromatic heterocycles. The first-order valence-electron chi connectivity index (χ1n) is 6.51. The van der Waals surface area contributed by atoms with Crippen molar-refractivity contribution >= 4 is 5.82 Å². The molecule has 0 unspecified atom stereocenters. The van der Waals surface area contributed by atoms with Gasteiger partial charge in [-0.1, -0.05) is 6.07 Å². The molecule has 100 valence electrons. The highest BCUT2D eigenvalue weighted by molar-refractivity contribution is 5.48. The molecule has 1 aliphatic heterocycles. The van der Waals surface area contributed by atoms with Gasteiger partial charge in [0.25, 0.3) is 0 Å². The van der Waals surface area contributed by atoms with Gasteiger partial charge in [0.2, 0.25) is 0 Å². The number of aromatic nitrogens is 1. The van der Waals surface area contributed by atoms with Crippen molar-refractivity contribution < 1.29 is 5.11 Å². The van der Waals surface area contributed by atoms with Gasteiger partial charge in [0.1, 0.15) is 5.82 Å². The van der Waals surface area contributed by atoms with Crippen LogP contribution in [0, 0.1) is 0 Å². The van der Waals surface area contributed by atoms with Gasteiger partial charge >= 0.3 is 0 Å². The van der Waals surface area contributed by atoms with E-state index in [-0.39, 0.29) is 12.6 Å². The van der Waals surface area contributed by atoms with E-state index in [1.54, 1.807) is 0 Å². The van der Waals surface area contributed by atoms with Crippen LogP contribution in [0.5, 0.6) is 0 Å². The van der Waals surface area contributed by atoms with Gasteiger partial charge in [-0.25, -0.2) is 4.98 Å². The average Bonchev–Trinajstić information content (AvgIpc) is 2.40. The van der Waals surface area contributed by atoms with Crippen molar-refractivity contribution in [2.45, 2.75) is 13.0 Å². The Balaban J connectivity index is 2.05. The molecule has 5 nitrogen and oxygen atoms in total. The third-order valence-corrected chi connectivity index (χ3v) is 3.40. The number of hydrogen-bond donors (Lipinski definition) is 2. The number of anilines is 1. The fourth-order valence-corrected chi connectivity index (χ4v) is 2.35. The number of pyridine rings is 1. The minimum Gasteiger partial charge on any atom is -0.395 e. The minimum atomic E-state index is 0.00386. The number of hydrogen-bond acceptors (Lipinski definition) is 5. The molecular weight excluding hydrogens is 228 g/mol. The molecule has 18 heavy (non-hydrogen) atoms. The Morgan fingerprint density at radius 3 is 2.72 bits per heavy atom. The van der Waals surface area contributed by atoms with Crippen LogP contribution in [0.25, 0.3) is 0 Å². The van der Waals surface area contributed by atoms with E-state index in [0.29, 0.717) is 0 Å². The Bertz CT molecular complexity index is 375. The van der Waals surface area contributed by atoms with Crippen LogP contribution in [0.2, 0.25) is 0 Å². The Kier molecular flexibility index (Phi) is 4.52. The zero-order valence-corrected chi connectivity index (χ0v) is 10.9. The van der Waals surface area contributed by atoms with E-state index in [4.69, 9.17) is 10.8 Å². The van der Waals surface area contributed by atoms with Gasteiger partial charge < -0.3 is 15.7 Å². The summed E-state index contributed by atoms with van der Waals surface area (Å²) in [5, 5.41) is 8.93. The Morgan fingerprint density at radius 1 is 1.39 bits per heavy atom. The van der Waals surface area contributed by atoms with Crippen molar-refractivity contribution in [3.05, 3.63) is 23.9 Å². The molecule has 1 aromatic rings. The maximum atomic E-state index is 8.93. The fraction of sp³-hybridized carbons (Fsp3) is 0.615. The molecule has 2 rings (SSSR count). The maximum Gasteiger partial charge on any atom is 0.133 e. The summed E-state index contributed by atoms with van der Waals surface area (Å²) in [6, 6.07) is 3.99. The van der Waals surface area contributed by atoms with Crippen molar-refractivity contribution in [1.29, 1.82) is 0 Å². The first kappa shape index (κ1) is 13.3. The van der Waals surface area contributed by atoms with Gasteiger partial charge in [-0.15, -0.1) is 0 Å². The highest BCUT2D eigenvalue weighted by Gasteiger charge is 2.20. The Hall–Kier alpha value is -1.17. The molecule has 0 bridgehead atoms. The van der Waals surface area contributed by atoms with Crippen molar-refractivity contribution in [3.63, 3.8) is 0 Å². The maximum absolute atomic E-state index is 8.93. The van der Waals surface area contributed by atoms with Crippen LogP contribution in [0.15, 0.2) is 18.3 Å². The third kappa shape index (κ3) is 2.98. The van der Waals surface area contributed by atoms with Crippen LogP contribution in [0.4, 0.5) is 5.82 Å². The number of aliphatic hydroxyl groups is 1. The highest BCUT2D eigenvalue weighted by atomic mass is 16.3. The van der Waals surface area contributed by atoms with Gasteiger partial charge in [0.05, 0.1) is 6.61 Å². The number of β-amino-alcohol motifs (C(OH)–C–C–N with tert-alkyl or cyclic N) is 1. The standard InChI is InChI=1S/C13H22N4O/c1-11(14)12-3-2-4-15-13(12)17-7-5-16(6-8-17)9-10-18/h2-4,11,18H,5-10,14H2,1H3/t11-/m1/s1. The topological polar surface area (TPSA) is 65.6 Å². The summed E-state index contributed by atoms with van der Waals surface area (Å²) in [5.74, 6) is 1.01. The summed E-state index contributed by atoms with van der Waals surface area (Å²) < 4.78 is 0. The lowest BCUT2D eigenvalue weighted by molar-refractivity contribution is 0.188. The van der Waals surface area contributed by atoms with Gasteiger partial charge in [-0.05, 0) is 13.0 Å². The van der Waals surface area contributed by atoms with Gasteiger partial charge in [-0.3, -0.25) is 4.90 Å². The first-order valence-corrected chi connectivity index (χ1v) is 6.51. The lowest BCUT2D eigenvalue weighted by atomic mass is 10.1. The smallest absolute Gasteiger partial charge is 0.133 e. The largest absolute Gasteiger partial charge is 0.395 e. The number of piperazine rings is 1. The van der Waals surface area contributed by atoms with Crippen LogP contribution < -0.4 is 10.6 Å². The second-order valence-electron chi connectivity index (χ2n) is 4.76. The first-order chi connectivity index (χ1) is 8.72. The van der Waals surface area contributed by atoms with E-state index in [2.05, 4.69) is 14.8 Å². The Morgan fingerprint density at radius 2 is 2.11 bits per heavy atom. The lowest BCUT2D eigenvalue weighted by Gasteiger charge is -2.36. The lowest BCUT2D eigenvalue weighted by Crippen LogP contribution is -2.47. The number of aliphatic hydroxyl groups excluding tert-OH is 1. The van der Waals surface area contributed by atoms with Crippen molar-refractivity contribution in [1.82, 2.24) is 9.88 Å². The molecule has 0 saturated carbocycles. The molecule has 1 fully saturated rings. The van der Waals surface area contributed by atoms with Gasteiger partial charge in [0, 0.05) is 50.5 Å². The van der Waals surface area contributed by atoms with E-state index in [1.165, 1.54) is 0 Å². The summed E-state index contributed by atoms with van der Waals surface area (Å²) in [6.07, 6.45) is 1.82. The molecule has 3 N–H and O–H groups in total. The zero-order chi connectivity index (χ0) is 13.0. The number of nitrogens with two attached hydrogens (primary N) is 1. The summed E-state index contributed by atoms with van der Waals surface area (Å²) in [7, 11) is 0. The number of rotatable bonds is 4. The SMILES string of the molecule is C[C@@H](N)c1cccnc1N1CCN(CCO)CC1. The molecule has 0 spiro atoms. The van der Waals surface area contributed by atoms with Crippen LogP contribution in [-0.2, 0) is 0 Å². The second kappa shape index (κ2) is 6.13. The van der Waals surface area contributed by atoms with Crippen LogP contribution in [0.3, 0.4) is 0 Å². The van der Waals surface area contributed by atoms with Crippen molar-refractivity contribution in [2.24, 2.45) is 5.73 Å². The Labute approximate surface area is 108 Å². The normalized spacial score (nSPS) is 18.9. The summed E-state index contributed by atoms with van der Waals surface area (Å²) in [6.45, 7) is 6.80. The molecule has 0 aliphatic carbocycles.